The number of benzene rings is 1. The van der Waals surface area contributed by atoms with Crippen molar-refractivity contribution in [2.45, 2.75) is 25.3 Å². The first-order valence-corrected chi connectivity index (χ1v) is 6.91. The fourth-order valence-corrected chi connectivity index (χ4v) is 2.17. The van der Waals surface area contributed by atoms with Gasteiger partial charge < -0.3 is 14.8 Å². The molecular formula is C16H19NO6. The van der Waals surface area contributed by atoms with Crippen molar-refractivity contribution < 1.29 is 28.7 Å². The lowest BCUT2D eigenvalue weighted by atomic mass is 9.90. The molecular weight excluding hydrogens is 302 g/mol. The molecule has 0 radical (unpaired) electrons. The Morgan fingerprint density at radius 2 is 1.52 bits per heavy atom. The first kappa shape index (κ1) is 18.3. The lowest BCUT2D eigenvalue weighted by Crippen LogP contribution is -2.60. The van der Waals surface area contributed by atoms with Gasteiger partial charge in [0.15, 0.2) is 5.78 Å². The Balaban J connectivity index is 3.04. The van der Waals surface area contributed by atoms with Crippen molar-refractivity contribution >= 4 is 23.6 Å². The van der Waals surface area contributed by atoms with E-state index in [9.17, 15) is 19.2 Å². The molecule has 0 saturated heterocycles. The minimum Gasteiger partial charge on any atom is -0.467 e. The number of hydrogen-bond acceptors (Lipinski definition) is 6. The SMILES string of the molecule is COC(=O)C(CCC(=O)c1ccccc1)(NC(C)=O)C(=O)OC. The van der Waals surface area contributed by atoms with Crippen LogP contribution in [0.2, 0.25) is 0 Å². The molecule has 1 amide bonds. The fourth-order valence-electron chi connectivity index (χ4n) is 2.17. The third-order valence-electron chi connectivity index (χ3n) is 3.28. The molecule has 124 valence electrons. The number of ether oxygens (including phenoxy) is 2. The van der Waals surface area contributed by atoms with E-state index < -0.39 is 23.4 Å². The first-order valence-electron chi connectivity index (χ1n) is 6.91. The molecule has 0 saturated carbocycles. The average Bonchev–Trinajstić information content (AvgIpc) is 2.57. The highest BCUT2D eigenvalue weighted by atomic mass is 16.5. The fraction of sp³-hybridized carbons (Fsp3) is 0.375. The van der Waals surface area contributed by atoms with Crippen LogP contribution in [-0.4, -0.2) is 43.4 Å². The summed E-state index contributed by atoms with van der Waals surface area (Å²) in [5, 5.41) is 2.26. The number of carbonyl (C=O) groups excluding carboxylic acids is 4. The van der Waals surface area contributed by atoms with E-state index in [-0.39, 0.29) is 18.6 Å². The van der Waals surface area contributed by atoms with Gasteiger partial charge in [-0.2, -0.15) is 0 Å². The summed E-state index contributed by atoms with van der Waals surface area (Å²) >= 11 is 0. The number of nitrogens with one attached hydrogen (secondary N) is 1. The molecule has 0 aliphatic rings. The third-order valence-corrected chi connectivity index (χ3v) is 3.28. The Hall–Kier alpha value is -2.70. The van der Waals surface area contributed by atoms with Crippen LogP contribution in [0.5, 0.6) is 0 Å². The van der Waals surface area contributed by atoms with E-state index >= 15 is 0 Å². The van der Waals surface area contributed by atoms with Gasteiger partial charge >= 0.3 is 11.9 Å². The Morgan fingerprint density at radius 3 is 1.96 bits per heavy atom. The number of methoxy groups -OCH3 is 2. The molecule has 0 aromatic heterocycles. The van der Waals surface area contributed by atoms with Gasteiger partial charge in [0.25, 0.3) is 0 Å². The van der Waals surface area contributed by atoms with E-state index in [1.165, 1.54) is 0 Å². The van der Waals surface area contributed by atoms with Crippen LogP contribution in [-0.2, 0) is 23.9 Å². The normalized spacial score (nSPS) is 10.6. The van der Waals surface area contributed by atoms with E-state index in [1.807, 2.05) is 0 Å². The predicted molar refractivity (Wildman–Crippen MR) is 80.6 cm³/mol. The summed E-state index contributed by atoms with van der Waals surface area (Å²) in [6.07, 6.45) is -0.409. The zero-order valence-corrected chi connectivity index (χ0v) is 13.3. The summed E-state index contributed by atoms with van der Waals surface area (Å²) in [4.78, 5) is 47.7. The predicted octanol–water partition coefficient (Wildman–Crippen LogP) is 0.870. The van der Waals surface area contributed by atoms with E-state index in [0.29, 0.717) is 5.56 Å². The van der Waals surface area contributed by atoms with Crippen LogP contribution < -0.4 is 5.32 Å². The number of rotatable bonds is 7. The summed E-state index contributed by atoms with van der Waals surface area (Å²) in [5.74, 6) is -2.86. The number of Topliss-reactive ketones (excluding diaryl/α,β-unsaturated/α-hetero) is 1. The van der Waals surface area contributed by atoms with Crippen LogP contribution in [0.3, 0.4) is 0 Å². The monoisotopic (exact) mass is 321 g/mol. The zero-order valence-electron chi connectivity index (χ0n) is 13.3. The molecule has 0 bridgehead atoms. The van der Waals surface area contributed by atoms with Crippen molar-refractivity contribution in [3.8, 4) is 0 Å². The van der Waals surface area contributed by atoms with E-state index in [4.69, 9.17) is 0 Å². The van der Waals surface area contributed by atoms with Crippen LogP contribution >= 0.6 is 0 Å². The highest BCUT2D eigenvalue weighted by molar-refractivity contribution is 6.08. The maximum atomic E-state index is 12.2. The highest BCUT2D eigenvalue weighted by Crippen LogP contribution is 2.19. The topological polar surface area (TPSA) is 98.8 Å². The Morgan fingerprint density at radius 1 is 1.00 bits per heavy atom. The molecule has 0 aliphatic carbocycles. The van der Waals surface area contributed by atoms with Crippen molar-refractivity contribution in [2.75, 3.05) is 14.2 Å². The van der Waals surface area contributed by atoms with Gasteiger partial charge in [0, 0.05) is 18.9 Å². The molecule has 7 heteroatoms. The smallest absolute Gasteiger partial charge is 0.343 e. The zero-order chi connectivity index (χ0) is 17.5. The van der Waals surface area contributed by atoms with Crippen molar-refractivity contribution in [1.82, 2.24) is 5.32 Å². The number of hydrogen-bond donors (Lipinski definition) is 1. The molecule has 1 N–H and O–H groups in total. The summed E-state index contributed by atoms with van der Waals surface area (Å²) < 4.78 is 9.22. The second-order valence-electron chi connectivity index (χ2n) is 4.86. The molecule has 0 atom stereocenters. The van der Waals surface area contributed by atoms with Gasteiger partial charge in [-0.1, -0.05) is 30.3 Å². The van der Waals surface area contributed by atoms with Crippen molar-refractivity contribution in [2.24, 2.45) is 0 Å². The molecule has 0 unspecified atom stereocenters. The molecule has 1 rings (SSSR count). The molecule has 0 fully saturated rings. The van der Waals surface area contributed by atoms with E-state index in [2.05, 4.69) is 14.8 Å². The lowest BCUT2D eigenvalue weighted by molar-refractivity contribution is -0.165. The Labute approximate surface area is 134 Å². The van der Waals surface area contributed by atoms with Gasteiger partial charge in [-0.25, -0.2) is 9.59 Å². The maximum Gasteiger partial charge on any atom is 0.343 e. The summed E-state index contributed by atoms with van der Waals surface area (Å²) in [7, 11) is 2.17. The van der Waals surface area contributed by atoms with Crippen LogP contribution in [0.4, 0.5) is 0 Å². The van der Waals surface area contributed by atoms with Gasteiger partial charge in [0.05, 0.1) is 14.2 Å². The van der Waals surface area contributed by atoms with Crippen molar-refractivity contribution in [1.29, 1.82) is 0 Å². The summed E-state index contributed by atoms with van der Waals surface area (Å²) in [6, 6.07) is 8.42. The van der Waals surface area contributed by atoms with Gasteiger partial charge in [-0.15, -0.1) is 0 Å². The molecule has 0 aliphatic heterocycles. The van der Waals surface area contributed by atoms with Gasteiger partial charge in [0.2, 0.25) is 11.4 Å². The summed E-state index contributed by atoms with van der Waals surface area (Å²) in [6.45, 7) is 1.15. The molecule has 1 aromatic rings. The first-order chi connectivity index (χ1) is 10.9. The molecule has 23 heavy (non-hydrogen) atoms. The van der Waals surface area contributed by atoms with Gasteiger partial charge in [-0.3, -0.25) is 9.59 Å². The van der Waals surface area contributed by atoms with Crippen molar-refractivity contribution in [3.05, 3.63) is 35.9 Å². The van der Waals surface area contributed by atoms with Crippen LogP contribution in [0.15, 0.2) is 30.3 Å². The largest absolute Gasteiger partial charge is 0.467 e. The summed E-state index contributed by atoms with van der Waals surface area (Å²) in [5.41, 5.74) is -1.60. The van der Waals surface area contributed by atoms with Crippen LogP contribution in [0.25, 0.3) is 0 Å². The molecule has 7 nitrogen and oxygen atoms in total. The minimum atomic E-state index is -2.04. The van der Waals surface area contributed by atoms with Crippen molar-refractivity contribution in [3.63, 3.8) is 0 Å². The molecule has 1 aromatic carbocycles. The molecule has 0 heterocycles. The van der Waals surface area contributed by atoms with Gasteiger partial charge in [0.1, 0.15) is 0 Å². The van der Waals surface area contributed by atoms with Crippen LogP contribution in [0.1, 0.15) is 30.1 Å². The quantitative estimate of drug-likeness (QED) is 0.454. The van der Waals surface area contributed by atoms with E-state index in [0.717, 1.165) is 21.1 Å². The Kier molecular flexibility index (Phi) is 6.44. The standard InChI is InChI=1S/C16H19NO6/c1-11(18)17-16(14(20)22-2,15(21)23-3)10-9-13(19)12-7-5-4-6-8-12/h4-8H,9-10H2,1-3H3,(H,17,18). The second kappa shape index (κ2) is 8.07. The second-order valence-corrected chi connectivity index (χ2v) is 4.86. The maximum absolute atomic E-state index is 12.2. The molecule has 0 spiro atoms. The Bertz CT molecular complexity index is 580. The number of carbonyl (C=O) groups is 4. The number of amides is 1. The lowest BCUT2D eigenvalue weighted by Gasteiger charge is -2.28. The number of esters is 2. The van der Waals surface area contributed by atoms with Crippen LogP contribution in [0, 0.1) is 0 Å². The average molecular weight is 321 g/mol. The highest BCUT2D eigenvalue weighted by Gasteiger charge is 2.49. The minimum absolute atomic E-state index is 0.144. The van der Waals surface area contributed by atoms with E-state index in [1.54, 1.807) is 30.3 Å². The van der Waals surface area contributed by atoms with Gasteiger partial charge in [-0.05, 0) is 6.42 Å². The third kappa shape index (κ3) is 4.38. The number of ketones is 1.